The second kappa shape index (κ2) is 12.2. The SMILES string of the molecule is CC(=Nc1ccc(F)c(Cl)c1)C(=CN)C(=O)Nc1ccc(N2CCC(N3CCOCC3)CC2)c(C#N)c1. The minimum absolute atomic E-state index is 0.0637. The van der Waals surface area contributed by atoms with Gasteiger partial charge >= 0.3 is 0 Å². The summed E-state index contributed by atoms with van der Waals surface area (Å²) < 4.78 is 18.9. The van der Waals surface area contributed by atoms with E-state index in [0.29, 0.717) is 28.7 Å². The Morgan fingerprint density at radius 1 is 1.22 bits per heavy atom. The minimum atomic E-state index is -0.552. The van der Waals surface area contributed by atoms with Crippen LogP contribution < -0.4 is 16.0 Å². The molecule has 0 aliphatic carbocycles. The van der Waals surface area contributed by atoms with Crippen LogP contribution in [0.2, 0.25) is 5.02 Å². The van der Waals surface area contributed by atoms with E-state index < -0.39 is 11.7 Å². The molecule has 0 aromatic heterocycles. The third kappa shape index (κ3) is 6.46. The van der Waals surface area contributed by atoms with Crippen molar-refractivity contribution < 1.29 is 13.9 Å². The number of carbonyl (C=O) groups excluding carboxylic acids is 1. The molecule has 2 fully saturated rings. The Bertz CT molecular complexity index is 1240. The first kappa shape index (κ1) is 26.6. The van der Waals surface area contributed by atoms with Gasteiger partial charge in [-0.2, -0.15) is 5.26 Å². The zero-order chi connectivity index (χ0) is 26.4. The van der Waals surface area contributed by atoms with Gasteiger partial charge < -0.3 is 20.7 Å². The van der Waals surface area contributed by atoms with Gasteiger partial charge in [0.15, 0.2) is 0 Å². The lowest BCUT2D eigenvalue weighted by Crippen LogP contribution is -2.49. The fraction of sp³-hybridized carbons (Fsp3) is 0.370. The molecule has 2 aliphatic heterocycles. The zero-order valence-electron chi connectivity index (χ0n) is 20.7. The standard InChI is InChI=1S/C27H30ClFN6O2/c1-18(32-21-2-4-25(29)24(28)15-21)23(17-31)27(36)33-20-3-5-26(19(14-20)16-30)35-8-6-22(7-9-35)34-10-12-37-13-11-34/h2-5,14-15,17,22H,6-13,31H2,1H3,(H,33,36). The predicted octanol–water partition coefficient (Wildman–Crippen LogP) is 4.23. The molecule has 37 heavy (non-hydrogen) atoms. The minimum Gasteiger partial charge on any atom is -0.404 e. The quantitative estimate of drug-likeness (QED) is 0.432. The molecule has 2 heterocycles. The van der Waals surface area contributed by atoms with Crippen molar-refractivity contribution in [3.05, 3.63) is 64.6 Å². The summed E-state index contributed by atoms with van der Waals surface area (Å²) in [5.74, 6) is -1.02. The molecular formula is C27H30ClFN6O2. The summed E-state index contributed by atoms with van der Waals surface area (Å²) in [7, 11) is 0. The molecule has 0 bridgehead atoms. The van der Waals surface area contributed by atoms with Crippen LogP contribution in [0, 0.1) is 17.1 Å². The first-order chi connectivity index (χ1) is 17.9. The van der Waals surface area contributed by atoms with Crippen LogP contribution in [0.25, 0.3) is 0 Å². The number of morpholine rings is 1. The van der Waals surface area contributed by atoms with E-state index in [1.165, 1.54) is 18.2 Å². The highest BCUT2D eigenvalue weighted by molar-refractivity contribution is 6.31. The van der Waals surface area contributed by atoms with Gasteiger partial charge in [-0.1, -0.05) is 11.6 Å². The van der Waals surface area contributed by atoms with Crippen LogP contribution in [0.4, 0.5) is 21.5 Å². The second-order valence-corrected chi connectivity index (χ2v) is 9.45. The van der Waals surface area contributed by atoms with E-state index in [4.69, 9.17) is 22.1 Å². The van der Waals surface area contributed by atoms with Crippen molar-refractivity contribution in [3.8, 4) is 6.07 Å². The molecule has 2 aromatic carbocycles. The molecule has 1 amide bonds. The highest BCUT2D eigenvalue weighted by Crippen LogP contribution is 2.29. The summed E-state index contributed by atoms with van der Waals surface area (Å²) in [6.45, 7) is 6.89. The van der Waals surface area contributed by atoms with Crippen LogP contribution in [-0.4, -0.2) is 62.0 Å². The Kier molecular flexibility index (Phi) is 8.77. The Balaban J connectivity index is 1.42. The number of nitriles is 1. The molecule has 0 atom stereocenters. The topological polar surface area (TPSA) is 107 Å². The number of nitrogens with two attached hydrogens (primary N) is 1. The third-order valence-electron chi connectivity index (χ3n) is 6.74. The number of hydrogen-bond acceptors (Lipinski definition) is 7. The normalized spacial score (nSPS) is 17.9. The summed E-state index contributed by atoms with van der Waals surface area (Å²) in [6, 6.07) is 12.2. The molecule has 0 saturated carbocycles. The molecule has 0 unspecified atom stereocenters. The molecule has 4 rings (SSSR count). The lowest BCUT2D eigenvalue weighted by molar-refractivity contribution is -0.112. The van der Waals surface area contributed by atoms with Crippen molar-refractivity contribution in [1.29, 1.82) is 5.26 Å². The van der Waals surface area contributed by atoms with E-state index in [0.717, 1.165) is 64.1 Å². The number of benzene rings is 2. The van der Waals surface area contributed by atoms with E-state index in [9.17, 15) is 14.4 Å². The smallest absolute Gasteiger partial charge is 0.258 e. The van der Waals surface area contributed by atoms with Crippen molar-refractivity contribution in [1.82, 2.24) is 4.90 Å². The van der Waals surface area contributed by atoms with Gasteiger partial charge in [0.2, 0.25) is 0 Å². The van der Waals surface area contributed by atoms with Gasteiger partial charge in [-0.15, -0.1) is 0 Å². The van der Waals surface area contributed by atoms with E-state index >= 15 is 0 Å². The average molecular weight is 525 g/mol. The molecule has 3 N–H and O–H groups in total. The zero-order valence-corrected chi connectivity index (χ0v) is 21.5. The van der Waals surface area contributed by atoms with Gasteiger partial charge in [0.25, 0.3) is 5.91 Å². The Morgan fingerprint density at radius 3 is 2.59 bits per heavy atom. The number of piperidine rings is 1. The first-order valence-corrected chi connectivity index (χ1v) is 12.6. The lowest BCUT2D eigenvalue weighted by atomic mass is 10.0. The monoisotopic (exact) mass is 524 g/mol. The van der Waals surface area contributed by atoms with Gasteiger partial charge in [0.1, 0.15) is 11.9 Å². The predicted molar refractivity (Wildman–Crippen MR) is 144 cm³/mol. The maximum atomic E-state index is 13.4. The number of hydrogen-bond donors (Lipinski definition) is 2. The van der Waals surface area contributed by atoms with Gasteiger partial charge in [0.05, 0.1) is 46.5 Å². The van der Waals surface area contributed by atoms with Gasteiger partial charge in [-0.25, -0.2) is 4.39 Å². The number of nitrogens with zero attached hydrogens (tertiary/aromatic N) is 4. The van der Waals surface area contributed by atoms with Crippen molar-refractivity contribution in [2.75, 3.05) is 49.6 Å². The fourth-order valence-corrected chi connectivity index (χ4v) is 4.94. The molecule has 8 nitrogen and oxygen atoms in total. The number of ether oxygens (including phenoxy) is 1. The molecule has 2 aliphatic rings. The molecule has 2 aromatic rings. The molecule has 2 saturated heterocycles. The van der Waals surface area contributed by atoms with Crippen molar-refractivity contribution in [2.45, 2.75) is 25.8 Å². The second-order valence-electron chi connectivity index (χ2n) is 9.04. The summed E-state index contributed by atoms with van der Waals surface area (Å²) in [5, 5.41) is 12.5. The van der Waals surface area contributed by atoms with Crippen LogP contribution in [0.1, 0.15) is 25.3 Å². The van der Waals surface area contributed by atoms with Crippen LogP contribution in [0.15, 0.2) is 53.2 Å². The summed E-state index contributed by atoms with van der Waals surface area (Å²) in [6.07, 6.45) is 3.23. The number of carbonyl (C=O) groups is 1. The molecular weight excluding hydrogens is 495 g/mol. The van der Waals surface area contributed by atoms with Gasteiger partial charge in [-0.3, -0.25) is 14.7 Å². The van der Waals surface area contributed by atoms with E-state index in [2.05, 4.69) is 26.2 Å². The molecule has 0 spiro atoms. The van der Waals surface area contributed by atoms with E-state index in [1.807, 2.05) is 6.07 Å². The molecule has 0 radical (unpaired) electrons. The molecule has 10 heteroatoms. The fourth-order valence-electron chi connectivity index (χ4n) is 4.76. The van der Waals surface area contributed by atoms with E-state index in [-0.39, 0.29) is 10.6 Å². The maximum Gasteiger partial charge on any atom is 0.258 e. The first-order valence-electron chi connectivity index (χ1n) is 12.2. The number of halogens is 2. The van der Waals surface area contributed by atoms with Crippen molar-refractivity contribution >= 4 is 40.3 Å². The third-order valence-corrected chi connectivity index (χ3v) is 7.03. The highest BCUT2D eigenvalue weighted by atomic mass is 35.5. The van der Waals surface area contributed by atoms with Gasteiger partial charge in [-0.05, 0) is 56.2 Å². The van der Waals surface area contributed by atoms with Crippen molar-refractivity contribution in [3.63, 3.8) is 0 Å². The largest absolute Gasteiger partial charge is 0.404 e. The van der Waals surface area contributed by atoms with Crippen LogP contribution >= 0.6 is 11.6 Å². The van der Waals surface area contributed by atoms with Crippen LogP contribution in [0.3, 0.4) is 0 Å². The van der Waals surface area contributed by atoms with Crippen molar-refractivity contribution in [2.24, 2.45) is 10.7 Å². The maximum absolute atomic E-state index is 13.4. The number of aliphatic imine (C=N–C) groups is 1. The number of rotatable bonds is 6. The van der Waals surface area contributed by atoms with Crippen LogP contribution in [0.5, 0.6) is 0 Å². The summed E-state index contributed by atoms with van der Waals surface area (Å²) in [5.41, 5.74) is 8.43. The summed E-state index contributed by atoms with van der Waals surface area (Å²) in [4.78, 5) is 22.0. The highest BCUT2D eigenvalue weighted by Gasteiger charge is 2.27. The molecule has 194 valence electrons. The average Bonchev–Trinajstić information content (AvgIpc) is 2.91. The Hall–Kier alpha value is -3.45. The number of nitrogens with one attached hydrogen (secondary N) is 1. The summed E-state index contributed by atoms with van der Waals surface area (Å²) >= 11 is 5.82. The van der Waals surface area contributed by atoms with Crippen LogP contribution in [-0.2, 0) is 9.53 Å². The van der Waals surface area contributed by atoms with E-state index in [1.54, 1.807) is 19.1 Å². The van der Waals surface area contributed by atoms with Gasteiger partial charge in [0, 0.05) is 44.1 Å². The Labute approximate surface area is 221 Å². The lowest BCUT2D eigenvalue weighted by Gasteiger charge is -2.41. The number of anilines is 2. The Morgan fingerprint density at radius 2 is 1.95 bits per heavy atom. The number of amides is 1.